The lowest BCUT2D eigenvalue weighted by molar-refractivity contribution is 0.555. The zero-order chi connectivity index (χ0) is 7.40. The molecule has 0 aliphatic carbocycles. The fourth-order valence-corrected chi connectivity index (χ4v) is 1.15. The third-order valence-electron chi connectivity index (χ3n) is 1.71. The molecule has 0 saturated carbocycles. The summed E-state index contributed by atoms with van der Waals surface area (Å²) in [6, 6.07) is 0.627. The zero-order valence-corrected chi connectivity index (χ0v) is 6.80. The Bertz CT molecular complexity index is 112. The number of nitrogens with one attached hydrogen (secondary N) is 1. The molecule has 0 aromatic carbocycles. The molecule has 1 unspecified atom stereocenters. The van der Waals surface area contributed by atoms with Crippen LogP contribution in [0.2, 0.25) is 0 Å². The molecule has 1 heterocycles. The number of hydrogen-bond donors (Lipinski definition) is 1. The van der Waals surface area contributed by atoms with Crippen LogP contribution >= 0.6 is 0 Å². The van der Waals surface area contributed by atoms with Gasteiger partial charge in [0.15, 0.2) is 0 Å². The first-order valence-electron chi connectivity index (χ1n) is 3.87. The van der Waals surface area contributed by atoms with Gasteiger partial charge in [0.1, 0.15) is 0 Å². The zero-order valence-electron chi connectivity index (χ0n) is 6.80. The molecule has 1 aliphatic rings. The summed E-state index contributed by atoms with van der Waals surface area (Å²) in [4.78, 5) is 2.07. The summed E-state index contributed by atoms with van der Waals surface area (Å²) in [7, 11) is 4.09. The highest BCUT2D eigenvalue weighted by atomic mass is 15.0. The van der Waals surface area contributed by atoms with Gasteiger partial charge in [-0.2, -0.15) is 0 Å². The molecule has 0 aromatic rings. The van der Waals surface area contributed by atoms with E-state index in [2.05, 4.69) is 22.5 Å². The molecule has 1 atom stereocenters. The third kappa shape index (κ3) is 2.40. The van der Waals surface area contributed by atoms with E-state index in [0.717, 1.165) is 0 Å². The molecule has 1 fully saturated rings. The van der Waals surface area contributed by atoms with Crippen molar-refractivity contribution in [1.29, 1.82) is 0 Å². The van der Waals surface area contributed by atoms with E-state index >= 15 is 0 Å². The van der Waals surface area contributed by atoms with Gasteiger partial charge in [-0.05, 0) is 25.6 Å². The number of nitrogens with zero attached hydrogens (tertiary/aromatic N) is 1. The second kappa shape index (κ2) is 3.62. The average molecular weight is 140 g/mol. The molecule has 10 heavy (non-hydrogen) atoms. The van der Waals surface area contributed by atoms with Crippen LogP contribution in [-0.4, -0.2) is 31.6 Å². The van der Waals surface area contributed by atoms with Crippen molar-refractivity contribution in [3.63, 3.8) is 0 Å². The molecule has 1 saturated heterocycles. The predicted octanol–water partition coefficient (Wildman–Crippen LogP) is 0.814. The summed E-state index contributed by atoms with van der Waals surface area (Å²) >= 11 is 0. The molecule has 2 nitrogen and oxygen atoms in total. The molecule has 58 valence electrons. The van der Waals surface area contributed by atoms with Gasteiger partial charge in [0, 0.05) is 20.1 Å². The van der Waals surface area contributed by atoms with Crippen molar-refractivity contribution in [2.24, 2.45) is 0 Å². The summed E-state index contributed by atoms with van der Waals surface area (Å²) in [6.45, 7) is 1.18. The van der Waals surface area contributed by atoms with Crippen molar-refractivity contribution in [2.45, 2.75) is 18.9 Å². The van der Waals surface area contributed by atoms with Crippen molar-refractivity contribution >= 4 is 0 Å². The van der Waals surface area contributed by atoms with E-state index in [1.54, 1.807) is 0 Å². The Hall–Kier alpha value is -0.500. The Balaban J connectivity index is 2.23. The summed E-state index contributed by atoms with van der Waals surface area (Å²) in [5.74, 6) is 0. The standard InChI is InChI=1S/C8H16N2/c1-10(2)7-5-8-4-3-6-9-8/h5,7-9H,3-4,6H2,1-2H3. The van der Waals surface area contributed by atoms with Gasteiger partial charge in [0.05, 0.1) is 0 Å². The average Bonchev–Trinajstić information content (AvgIpc) is 2.34. The molecule has 0 bridgehead atoms. The molecule has 0 aromatic heterocycles. The maximum atomic E-state index is 3.40. The third-order valence-corrected chi connectivity index (χ3v) is 1.71. The van der Waals surface area contributed by atoms with E-state index in [4.69, 9.17) is 0 Å². The maximum Gasteiger partial charge on any atom is 0.0267 e. The van der Waals surface area contributed by atoms with Gasteiger partial charge >= 0.3 is 0 Å². The van der Waals surface area contributed by atoms with E-state index in [1.807, 2.05) is 14.1 Å². The summed E-state index contributed by atoms with van der Waals surface area (Å²) < 4.78 is 0. The fourth-order valence-electron chi connectivity index (χ4n) is 1.15. The van der Waals surface area contributed by atoms with Gasteiger partial charge < -0.3 is 10.2 Å². The van der Waals surface area contributed by atoms with Crippen molar-refractivity contribution in [3.05, 3.63) is 12.3 Å². The van der Waals surface area contributed by atoms with Gasteiger partial charge in [0.2, 0.25) is 0 Å². The second-order valence-corrected chi connectivity index (χ2v) is 3.01. The van der Waals surface area contributed by atoms with Crippen LogP contribution in [0.3, 0.4) is 0 Å². The van der Waals surface area contributed by atoms with Gasteiger partial charge in [0.25, 0.3) is 0 Å². The van der Waals surface area contributed by atoms with Crippen LogP contribution in [-0.2, 0) is 0 Å². The fraction of sp³-hybridized carbons (Fsp3) is 0.750. The first-order chi connectivity index (χ1) is 4.79. The van der Waals surface area contributed by atoms with Gasteiger partial charge in [-0.1, -0.05) is 6.08 Å². The SMILES string of the molecule is CN(C)C=CC1CCCN1. The Morgan fingerprint density at radius 2 is 2.30 bits per heavy atom. The van der Waals surface area contributed by atoms with E-state index in [0.29, 0.717) is 6.04 Å². The van der Waals surface area contributed by atoms with Crippen molar-refractivity contribution in [2.75, 3.05) is 20.6 Å². The van der Waals surface area contributed by atoms with E-state index in [9.17, 15) is 0 Å². The molecule has 0 spiro atoms. The highest BCUT2D eigenvalue weighted by Gasteiger charge is 2.09. The minimum absolute atomic E-state index is 0.627. The first-order valence-corrected chi connectivity index (χ1v) is 3.87. The Morgan fingerprint density at radius 1 is 1.50 bits per heavy atom. The van der Waals surface area contributed by atoms with Crippen molar-refractivity contribution in [3.8, 4) is 0 Å². The molecule has 1 aliphatic heterocycles. The largest absolute Gasteiger partial charge is 0.384 e. The number of hydrogen-bond acceptors (Lipinski definition) is 2. The Kier molecular flexibility index (Phi) is 2.75. The number of rotatable bonds is 2. The first kappa shape index (κ1) is 7.61. The molecular weight excluding hydrogens is 124 g/mol. The lowest BCUT2D eigenvalue weighted by Crippen LogP contribution is -2.19. The van der Waals surface area contributed by atoms with Crippen molar-refractivity contribution < 1.29 is 0 Å². The smallest absolute Gasteiger partial charge is 0.0267 e. The lowest BCUT2D eigenvalue weighted by Gasteiger charge is -2.06. The molecule has 1 N–H and O–H groups in total. The molecular formula is C8H16N2. The Morgan fingerprint density at radius 3 is 2.80 bits per heavy atom. The van der Waals surface area contributed by atoms with E-state index in [1.165, 1.54) is 19.4 Å². The predicted molar refractivity (Wildman–Crippen MR) is 43.9 cm³/mol. The minimum Gasteiger partial charge on any atom is -0.384 e. The summed E-state index contributed by atoms with van der Waals surface area (Å²) in [6.07, 6.45) is 6.96. The monoisotopic (exact) mass is 140 g/mol. The summed E-state index contributed by atoms with van der Waals surface area (Å²) in [5.41, 5.74) is 0. The highest BCUT2D eigenvalue weighted by molar-refractivity contribution is 4.94. The quantitative estimate of drug-likeness (QED) is 0.610. The van der Waals surface area contributed by atoms with Gasteiger partial charge in [-0.15, -0.1) is 0 Å². The minimum atomic E-state index is 0.627. The second-order valence-electron chi connectivity index (χ2n) is 3.01. The van der Waals surface area contributed by atoms with Crippen LogP contribution in [0.1, 0.15) is 12.8 Å². The van der Waals surface area contributed by atoms with Gasteiger partial charge in [-0.25, -0.2) is 0 Å². The lowest BCUT2D eigenvalue weighted by atomic mass is 10.2. The maximum absolute atomic E-state index is 3.40. The van der Waals surface area contributed by atoms with Crippen molar-refractivity contribution in [1.82, 2.24) is 10.2 Å². The molecule has 2 heteroatoms. The van der Waals surface area contributed by atoms with Gasteiger partial charge in [-0.3, -0.25) is 0 Å². The molecule has 0 amide bonds. The molecule has 0 radical (unpaired) electrons. The normalized spacial score (nSPS) is 26.0. The Labute approximate surface area is 62.9 Å². The van der Waals surface area contributed by atoms with Crippen LogP contribution in [0.25, 0.3) is 0 Å². The molecule has 1 rings (SSSR count). The van der Waals surface area contributed by atoms with Crippen LogP contribution in [0.15, 0.2) is 12.3 Å². The van der Waals surface area contributed by atoms with E-state index in [-0.39, 0.29) is 0 Å². The van der Waals surface area contributed by atoms with Crippen LogP contribution in [0.4, 0.5) is 0 Å². The topological polar surface area (TPSA) is 15.3 Å². The summed E-state index contributed by atoms with van der Waals surface area (Å²) in [5, 5.41) is 3.40. The van der Waals surface area contributed by atoms with Crippen LogP contribution in [0, 0.1) is 0 Å². The van der Waals surface area contributed by atoms with Crippen LogP contribution in [0.5, 0.6) is 0 Å². The van der Waals surface area contributed by atoms with Crippen LogP contribution < -0.4 is 5.32 Å². The highest BCUT2D eigenvalue weighted by Crippen LogP contribution is 2.05. The van der Waals surface area contributed by atoms with E-state index < -0.39 is 0 Å².